The minimum absolute atomic E-state index is 0.135. The molecule has 3 rings (SSSR count). The number of hydrogen-bond donors (Lipinski definition) is 2. The van der Waals surface area contributed by atoms with E-state index in [1.54, 1.807) is 19.0 Å². The molecule has 2 amide bonds. The lowest BCUT2D eigenvalue weighted by Crippen LogP contribution is -2.37. The van der Waals surface area contributed by atoms with Gasteiger partial charge in [0, 0.05) is 27.2 Å². The predicted octanol–water partition coefficient (Wildman–Crippen LogP) is 2.92. The van der Waals surface area contributed by atoms with Gasteiger partial charge < -0.3 is 29.9 Å². The van der Waals surface area contributed by atoms with Crippen molar-refractivity contribution in [2.75, 3.05) is 60.8 Å². The molecule has 9 nitrogen and oxygen atoms in total. The molecular formula is C18H21F3N6O3. The van der Waals surface area contributed by atoms with E-state index in [-0.39, 0.29) is 5.69 Å². The molecule has 162 valence electrons. The molecule has 0 spiro atoms. The summed E-state index contributed by atoms with van der Waals surface area (Å²) in [5.41, 5.74) is 0.160. The number of nitrogens with one attached hydrogen (secondary N) is 2. The van der Waals surface area contributed by atoms with Crippen molar-refractivity contribution in [3.05, 3.63) is 30.5 Å². The molecule has 2 N–H and O–H groups in total. The molecule has 0 saturated carbocycles. The number of morpholine rings is 1. The van der Waals surface area contributed by atoms with Crippen molar-refractivity contribution < 1.29 is 27.4 Å². The lowest BCUT2D eigenvalue weighted by Gasteiger charge is -2.28. The zero-order valence-corrected chi connectivity index (χ0v) is 16.4. The van der Waals surface area contributed by atoms with Crippen molar-refractivity contribution in [1.29, 1.82) is 0 Å². The van der Waals surface area contributed by atoms with Gasteiger partial charge in [-0.1, -0.05) is 12.1 Å². The Balaban J connectivity index is 1.75. The third kappa shape index (κ3) is 5.63. The molecule has 2 aromatic rings. The van der Waals surface area contributed by atoms with Crippen molar-refractivity contribution >= 4 is 29.2 Å². The summed E-state index contributed by atoms with van der Waals surface area (Å²) in [5, 5.41) is 4.91. The van der Waals surface area contributed by atoms with E-state index in [0.717, 1.165) is 6.07 Å². The first-order valence-corrected chi connectivity index (χ1v) is 9.03. The van der Waals surface area contributed by atoms with Crippen molar-refractivity contribution in [1.82, 2.24) is 9.97 Å². The third-order valence-corrected chi connectivity index (χ3v) is 4.08. The zero-order chi connectivity index (χ0) is 21.7. The van der Waals surface area contributed by atoms with Crippen LogP contribution in [-0.4, -0.2) is 62.8 Å². The quantitative estimate of drug-likeness (QED) is 0.760. The Labute approximate surface area is 170 Å². The first-order valence-electron chi connectivity index (χ1n) is 9.03. The van der Waals surface area contributed by atoms with Gasteiger partial charge in [-0.05, 0) is 12.1 Å². The van der Waals surface area contributed by atoms with Gasteiger partial charge in [0.1, 0.15) is 5.69 Å². The van der Waals surface area contributed by atoms with E-state index in [2.05, 4.69) is 25.3 Å². The summed E-state index contributed by atoms with van der Waals surface area (Å²) >= 11 is 0. The van der Waals surface area contributed by atoms with Gasteiger partial charge in [0.05, 0.1) is 25.1 Å². The Kier molecular flexibility index (Phi) is 6.45. The Bertz CT molecular complexity index is 888. The number of hydrogen-bond acceptors (Lipinski definition) is 7. The molecule has 0 radical (unpaired) electrons. The number of ether oxygens (including phenoxy) is 2. The maximum Gasteiger partial charge on any atom is 0.573 e. The number of para-hydroxylation sites is 2. The van der Waals surface area contributed by atoms with E-state index in [1.165, 1.54) is 24.4 Å². The van der Waals surface area contributed by atoms with Crippen LogP contribution >= 0.6 is 0 Å². The van der Waals surface area contributed by atoms with E-state index in [0.29, 0.717) is 43.8 Å². The fraction of sp³-hybridized carbons (Fsp3) is 0.389. The molecule has 0 atom stereocenters. The summed E-state index contributed by atoms with van der Waals surface area (Å²) in [6, 6.07) is 4.48. The molecule has 0 unspecified atom stereocenters. The number of nitrogens with zero attached hydrogens (tertiary/aromatic N) is 4. The molecule has 1 aliphatic rings. The highest BCUT2D eigenvalue weighted by atomic mass is 19.4. The summed E-state index contributed by atoms with van der Waals surface area (Å²) < 4.78 is 46.9. The zero-order valence-electron chi connectivity index (χ0n) is 16.4. The number of alkyl halides is 3. The third-order valence-electron chi connectivity index (χ3n) is 4.08. The number of carbonyl (C=O) groups is 1. The minimum Gasteiger partial charge on any atom is -0.404 e. The number of carbonyl (C=O) groups excluding carboxylic acids is 1. The van der Waals surface area contributed by atoms with Gasteiger partial charge in [0.25, 0.3) is 0 Å². The highest BCUT2D eigenvalue weighted by Crippen LogP contribution is 2.30. The molecule has 12 heteroatoms. The maximum absolute atomic E-state index is 12.6. The van der Waals surface area contributed by atoms with Gasteiger partial charge in [-0.3, -0.25) is 0 Å². The number of anilines is 4. The van der Waals surface area contributed by atoms with Gasteiger partial charge in [0.15, 0.2) is 11.6 Å². The monoisotopic (exact) mass is 426 g/mol. The van der Waals surface area contributed by atoms with E-state index in [4.69, 9.17) is 4.74 Å². The van der Waals surface area contributed by atoms with Gasteiger partial charge in [-0.25, -0.2) is 9.78 Å². The fourth-order valence-corrected chi connectivity index (χ4v) is 2.77. The summed E-state index contributed by atoms with van der Waals surface area (Å²) in [4.78, 5) is 24.8. The van der Waals surface area contributed by atoms with Gasteiger partial charge >= 0.3 is 12.4 Å². The lowest BCUT2D eigenvalue weighted by atomic mass is 10.3. The summed E-state index contributed by atoms with van der Waals surface area (Å²) in [6.07, 6.45) is -3.43. The number of halogens is 3. The van der Waals surface area contributed by atoms with Crippen molar-refractivity contribution in [2.24, 2.45) is 0 Å². The van der Waals surface area contributed by atoms with Gasteiger partial charge in [0.2, 0.25) is 5.95 Å². The van der Waals surface area contributed by atoms with Crippen LogP contribution in [0.15, 0.2) is 30.5 Å². The van der Waals surface area contributed by atoms with Crippen LogP contribution in [0.25, 0.3) is 0 Å². The van der Waals surface area contributed by atoms with Crippen molar-refractivity contribution in [2.45, 2.75) is 6.36 Å². The average molecular weight is 426 g/mol. The van der Waals surface area contributed by atoms with E-state index >= 15 is 0 Å². The van der Waals surface area contributed by atoms with Crippen LogP contribution in [0.4, 0.5) is 41.1 Å². The summed E-state index contributed by atoms with van der Waals surface area (Å²) in [7, 11) is 3.50. The van der Waals surface area contributed by atoms with Gasteiger partial charge in [-0.2, -0.15) is 4.98 Å². The highest BCUT2D eigenvalue weighted by Gasteiger charge is 2.32. The van der Waals surface area contributed by atoms with E-state index < -0.39 is 18.1 Å². The molecule has 1 fully saturated rings. The normalized spacial score (nSPS) is 14.2. The topological polar surface area (TPSA) is 91.9 Å². The van der Waals surface area contributed by atoms with Gasteiger partial charge in [-0.15, -0.1) is 13.2 Å². The summed E-state index contributed by atoms with van der Waals surface area (Å²) in [5.74, 6) is 0.422. The molecule has 1 saturated heterocycles. The average Bonchev–Trinajstić information content (AvgIpc) is 2.69. The second-order valence-corrected chi connectivity index (χ2v) is 6.52. The number of aromatic nitrogens is 2. The van der Waals surface area contributed by atoms with Crippen molar-refractivity contribution in [3.63, 3.8) is 0 Å². The second kappa shape index (κ2) is 9.03. The Morgan fingerprint density at radius 3 is 2.50 bits per heavy atom. The number of amides is 2. The molecule has 1 aromatic carbocycles. The Hall–Kier alpha value is -3.28. The minimum atomic E-state index is -4.88. The standard InChI is InChI=1S/C18H21F3N6O3/c1-26(2)15-13(11-22-16(25-15)27-7-9-29-10-8-27)24-17(28)23-12-5-3-4-6-14(12)30-18(19,20)21/h3-6,11H,7-10H2,1-2H3,(H2,23,24,28). The first kappa shape index (κ1) is 21.4. The maximum atomic E-state index is 12.6. The second-order valence-electron chi connectivity index (χ2n) is 6.52. The molecule has 30 heavy (non-hydrogen) atoms. The smallest absolute Gasteiger partial charge is 0.404 e. The SMILES string of the molecule is CN(C)c1nc(N2CCOCC2)ncc1NC(=O)Nc1ccccc1OC(F)(F)F. The van der Waals surface area contributed by atoms with Crippen LogP contribution in [0.5, 0.6) is 5.75 Å². The van der Waals surface area contributed by atoms with Crippen LogP contribution in [-0.2, 0) is 4.74 Å². The lowest BCUT2D eigenvalue weighted by molar-refractivity contribution is -0.274. The van der Waals surface area contributed by atoms with Crippen molar-refractivity contribution in [3.8, 4) is 5.75 Å². The molecular weight excluding hydrogens is 405 g/mol. The van der Waals surface area contributed by atoms with E-state index in [1.807, 2.05) is 4.90 Å². The number of urea groups is 1. The molecule has 1 aromatic heterocycles. The van der Waals surface area contributed by atoms with E-state index in [9.17, 15) is 18.0 Å². The summed E-state index contributed by atoms with van der Waals surface area (Å²) in [6.45, 7) is 2.44. The molecule has 1 aliphatic heterocycles. The van der Waals surface area contributed by atoms with Crippen LogP contribution in [0.3, 0.4) is 0 Å². The van der Waals surface area contributed by atoms with Crippen LogP contribution in [0.2, 0.25) is 0 Å². The first-order chi connectivity index (χ1) is 14.2. The van der Waals surface area contributed by atoms with Crippen LogP contribution in [0.1, 0.15) is 0 Å². The number of rotatable bonds is 5. The molecule has 0 bridgehead atoms. The molecule has 0 aliphatic carbocycles. The largest absolute Gasteiger partial charge is 0.573 e. The van der Waals surface area contributed by atoms with Crippen LogP contribution < -0.4 is 25.2 Å². The molecule has 2 heterocycles. The Morgan fingerprint density at radius 2 is 1.83 bits per heavy atom. The Morgan fingerprint density at radius 1 is 1.17 bits per heavy atom. The fourth-order valence-electron chi connectivity index (χ4n) is 2.77. The number of benzene rings is 1. The predicted molar refractivity (Wildman–Crippen MR) is 105 cm³/mol. The highest BCUT2D eigenvalue weighted by molar-refractivity contribution is 6.02. The van der Waals surface area contributed by atoms with Crippen LogP contribution in [0, 0.1) is 0 Å².